The van der Waals surface area contributed by atoms with Gasteiger partial charge in [-0.05, 0) is 26.7 Å². The summed E-state index contributed by atoms with van der Waals surface area (Å²) in [6, 6.07) is 0. The molecule has 120 valence electrons. The molecule has 6 heteroatoms. The zero-order valence-corrected chi connectivity index (χ0v) is 13.2. The third kappa shape index (κ3) is 3.95. The number of aliphatic hydroxyl groups is 1. The lowest BCUT2D eigenvalue weighted by atomic mass is 9.93. The highest BCUT2D eigenvalue weighted by molar-refractivity contribution is 5.80. The van der Waals surface area contributed by atoms with Gasteiger partial charge in [0.05, 0.1) is 18.3 Å². The van der Waals surface area contributed by atoms with Gasteiger partial charge in [0, 0.05) is 39.0 Å². The first-order chi connectivity index (χ1) is 9.82. The second kappa shape index (κ2) is 6.32. The number of aliphatic hydroxyl groups excluding tert-OH is 1. The van der Waals surface area contributed by atoms with E-state index in [1.165, 1.54) is 0 Å². The molecule has 0 aliphatic carbocycles. The van der Waals surface area contributed by atoms with Crippen LogP contribution in [0.5, 0.6) is 0 Å². The Bertz CT molecular complexity index is 402. The van der Waals surface area contributed by atoms with Gasteiger partial charge in [-0.1, -0.05) is 0 Å². The molecule has 0 saturated carbocycles. The van der Waals surface area contributed by atoms with Crippen LogP contribution in [-0.2, 0) is 14.3 Å². The zero-order valence-electron chi connectivity index (χ0n) is 13.2. The first-order valence-electron chi connectivity index (χ1n) is 7.65. The van der Waals surface area contributed by atoms with Crippen LogP contribution < -0.4 is 0 Å². The molecular formula is C15H26N2O4. The van der Waals surface area contributed by atoms with Crippen molar-refractivity contribution < 1.29 is 19.4 Å². The Balaban J connectivity index is 1.95. The van der Waals surface area contributed by atoms with Crippen molar-refractivity contribution >= 4 is 11.8 Å². The van der Waals surface area contributed by atoms with E-state index in [-0.39, 0.29) is 30.4 Å². The van der Waals surface area contributed by atoms with Crippen molar-refractivity contribution in [1.82, 2.24) is 9.80 Å². The van der Waals surface area contributed by atoms with E-state index >= 15 is 0 Å². The molecule has 1 N–H and O–H groups in total. The van der Waals surface area contributed by atoms with Gasteiger partial charge in [-0.15, -0.1) is 0 Å². The summed E-state index contributed by atoms with van der Waals surface area (Å²) in [6.45, 7) is 7.68. The average Bonchev–Trinajstić information content (AvgIpc) is 2.44. The summed E-state index contributed by atoms with van der Waals surface area (Å²) in [5.41, 5.74) is -0.429. The van der Waals surface area contributed by atoms with Gasteiger partial charge >= 0.3 is 0 Å². The molecule has 0 aromatic carbocycles. The van der Waals surface area contributed by atoms with Gasteiger partial charge < -0.3 is 19.6 Å². The van der Waals surface area contributed by atoms with Crippen molar-refractivity contribution in [3.8, 4) is 0 Å². The van der Waals surface area contributed by atoms with E-state index in [9.17, 15) is 14.7 Å². The predicted octanol–water partition coefficient (Wildman–Crippen LogP) is 0.243. The van der Waals surface area contributed by atoms with Crippen molar-refractivity contribution in [2.24, 2.45) is 5.92 Å². The Morgan fingerprint density at radius 1 is 1.24 bits per heavy atom. The maximum Gasteiger partial charge on any atom is 0.226 e. The molecule has 0 aromatic heterocycles. The Kier molecular flexibility index (Phi) is 4.88. The lowest BCUT2D eigenvalue weighted by Crippen LogP contribution is -2.57. The first-order valence-corrected chi connectivity index (χ1v) is 7.65. The van der Waals surface area contributed by atoms with Crippen molar-refractivity contribution in [3.63, 3.8) is 0 Å². The number of morpholine rings is 1. The first kappa shape index (κ1) is 16.2. The SMILES string of the molecule is CC(=O)N1CCC(C(=O)N2CC(CO)OC(C)(C)C2)CC1. The summed E-state index contributed by atoms with van der Waals surface area (Å²) >= 11 is 0. The van der Waals surface area contributed by atoms with Crippen LogP contribution in [0.3, 0.4) is 0 Å². The molecule has 0 aromatic rings. The quantitative estimate of drug-likeness (QED) is 0.793. The van der Waals surface area contributed by atoms with Crippen molar-refractivity contribution in [3.05, 3.63) is 0 Å². The molecule has 1 unspecified atom stereocenters. The summed E-state index contributed by atoms with van der Waals surface area (Å²) in [5.74, 6) is 0.190. The van der Waals surface area contributed by atoms with Gasteiger partial charge in [0.1, 0.15) is 0 Å². The number of nitrogens with zero attached hydrogens (tertiary/aromatic N) is 2. The summed E-state index contributed by atoms with van der Waals surface area (Å²) < 4.78 is 5.74. The normalized spacial score (nSPS) is 26.8. The third-order valence-corrected chi connectivity index (χ3v) is 4.29. The van der Waals surface area contributed by atoms with Crippen molar-refractivity contribution in [2.75, 3.05) is 32.8 Å². The van der Waals surface area contributed by atoms with Crippen LogP contribution in [-0.4, -0.2) is 71.2 Å². The van der Waals surface area contributed by atoms with E-state index in [1.807, 2.05) is 18.7 Å². The Hall–Kier alpha value is -1.14. The number of hydrogen-bond acceptors (Lipinski definition) is 4. The molecule has 2 amide bonds. The molecule has 0 radical (unpaired) electrons. The van der Waals surface area contributed by atoms with Crippen molar-refractivity contribution in [1.29, 1.82) is 0 Å². The minimum atomic E-state index is -0.429. The highest BCUT2D eigenvalue weighted by atomic mass is 16.5. The number of likely N-dealkylation sites (tertiary alicyclic amines) is 1. The second-order valence-corrected chi connectivity index (χ2v) is 6.68. The van der Waals surface area contributed by atoms with E-state index in [4.69, 9.17) is 4.74 Å². The minimum absolute atomic E-state index is 0.0196. The number of hydrogen-bond donors (Lipinski definition) is 1. The lowest BCUT2D eigenvalue weighted by Gasteiger charge is -2.44. The molecule has 21 heavy (non-hydrogen) atoms. The smallest absolute Gasteiger partial charge is 0.226 e. The van der Waals surface area contributed by atoms with Gasteiger partial charge in [0.2, 0.25) is 11.8 Å². The Labute approximate surface area is 126 Å². The van der Waals surface area contributed by atoms with Crippen LogP contribution in [0.15, 0.2) is 0 Å². The van der Waals surface area contributed by atoms with Crippen LogP contribution in [0.2, 0.25) is 0 Å². The summed E-state index contributed by atoms with van der Waals surface area (Å²) in [7, 11) is 0. The number of carbonyl (C=O) groups is 2. The monoisotopic (exact) mass is 298 g/mol. The average molecular weight is 298 g/mol. The zero-order chi connectivity index (χ0) is 15.6. The lowest BCUT2D eigenvalue weighted by molar-refractivity contribution is -0.171. The van der Waals surface area contributed by atoms with E-state index in [2.05, 4.69) is 0 Å². The second-order valence-electron chi connectivity index (χ2n) is 6.68. The fourth-order valence-corrected chi connectivity index (χ4v) is 3.26. The molecule has 2 fully saturated rings. The Morgan fingerprint density at radius 2 is 1.86 bits per heavy atom. The van der Waals surface area contributed by atoms with E-state index in [0.717, 1.165) is 12.8 Å². The molecule has 0 spiro atoms. The van der Waals surface area contributed by atoms with E-state index in [0.29, 0.717) is 26.2 Å². The molecular weight excluding hydrogens is 272 g/mol. The molecule has 2 rings (SSSR count). The molecule has 2 saturated heterocycles. The van der Waals surface area contributed by atoms with Crippen LogP contribution in [0.4, 0.5) is 0 Å². The van der Waals surface area contributed by atoms with Crippen LogP contribution >= 0.6 is 0 Å². The molecule has 2 heterocycles. The number of piperidine rings is 1. The third-order valence-electron chi connectivity index (χ3n) is 4.29. The summed E-state index contributed by atoms with van der Waals surface area (Å²) in [6.07, 6.45) is 1.13. The number of carbonyl (C=O) groups excluding carboxylic acids is 2. The van der Waals surface area contributed by atoms with E-state index < -0.39 is 5.60 Å². The van der Waals surface area contributed by atoms with Crippen LogP contribution in [0.25, 0.3) is 0 Å². The van der Waals surface area contributed by atoms with Gasteiger partial charge in [-0.3, -0.25) is 9.59 Å². The highest BCUT2D eigenvalue weighted by Crippen LogP contribution is 2.25. The van der Waals surface area contributed by atoms with Gasteiger partial charge in [0.25, 0.3) is 0 Å². The predicted molar refractivity (Wildman–Crippen MR) is 77.6 cm³/mol. The largest absolute Gasteiger partial charge is 0.394 e. The topological polar surface area (TPSA) is 70.1 Å². The molecule has 0 bridgehead atoms. The maximum atomic E-state index is 12.7. The molecule has 2 aliphatic heterocycles. The standard InChI is InChI=1S/C15H26N2O4/c1-11(19)16-6-4-12(5-7-16)14(20)17-8-13(9-18)21-15(2,3)10-17/h12-13,18H,4-10H2,1-3H3. The molecule has 6 nitrogen and oxygen atoms in total. The Morgan fingerprint density at radius 3 is 2.38 bits per heavy atom. The van der Waals surface area contributed by atoms with Crippen LogP contribution in [0, 0.1) is 5.92 Å². The van der Waals surface area contributed by atoms with Gasteiger partial charge in [-0.25, -0.2) is 0 Å². The maximum absolute atomic E-state index is 12.7. The van der Waals surface area contributed by atoms with E-state index in [1.54, 1.807) is 11.8 Å². The van der Waals surface area contributed by atoms with Gasteiger partial charge in [-0.2, -0.15) is 0 Å². The summed E-state index contributed by atoms with van der Waals surface area (Å²) in [5, 5.41) is 9.32. The van der Waals surface area contributed by atoms with Crippen LogP contribution in [0.1, 0.15) is 33.6 Å². The summed E-state index contributed by atoms with van der Waals surface area (Å²) in [4.78, 5) is 27.6. The number of rotatable bonds is 2. The fraction of sp³-hybridized carbons (Fsp3) is 0.867. The molecule has 1 atom stereocenters. The number of amides is 2. The van der Waals surface area contributed by atoms with Gasteiger partial charge in [0.15, 0.2) is 0 Å². The fourth-order valence-electron chi connectivity index (χ4n) is 3.26. The number of ether oxygens (including phenoxy) is 1. The minimum Gasteiger partial charge on any atom is -0.394 e. The highest BCUT2D eigenvalue weighted by Gasteiger charge is 2.38. The van der Waals surface area contributed by atoms with Crippen molar-refractivity contribution in [2.45, 2.75) is 45.3 Å². The molecule has 2 aliphatic rings.